The van der Waals surface area contributed by atoms with E-state index in [0.29, 0.717) is 12.3 Å². The number of ether oxygens (including phenoxy) is 2. The van der Waals surface area contributed by atoms with Crippen LogP contribution in [0.15, 0.2) is 23.0 Å². The summed E-state index contributed by atoms with van der Waals surface area (Å²) >= 11 is 0. The molecular formula is C17H19NO3. The van der Waals surface area contributed by atoms with Crippen molar-refractivity contribution < 1.29 is 9.47 Å². The van der Waals surface area contributed by atoms with Gasteiger partial charge in [-0.15, -0.1) is 0 Å². The molecule has 1 aliphatic heterocycles. The van der Waals surface area contributed by atoms with Gasteiger partial charge in [0, 0.05) is 23.7 Å². The van der Waals surface area contributed by atoms with E-state index in [9.17, 15) is 4.79 Å². The van der Waals surface area contributed by atoms with E-state index >= 15 is 0 Å². The molecule has 1 aromatic carbocycles. The zero-order valence-corrected chi connectivity index (χ0v) is 12.8. The minimum atomic E-state index is -0.00780. The molecule has 0 N–H and O–H groups in total. The van der Waals surface area contributed by atoms with Gasteiger partial charge in [-0.1, -0.05) is 0 Å². The number of aromatic nitrogens is 1. The quantitative estimate of drug-likeness (QED) is 0.852. The van der Waals surface area contributed by atoms with Gasteiger partial charge in [-0.2, -0.15) is 0 Å². The Morgan fingerprint density at radius 2 is 1.76 bits per heavy atom. The fourth-order valence-corrected chi connectivity index (χ4v) is 3.12. The largest absolute Gasteiger partial charge is 0.496 e. The Balaban J connectivity index is 2.34. The molecule has 0 unspecified atom stereocenters. The van der Waals surface area contributed by atoms with E-state index < -0.39 is 0 Å². The highest BCUT2D eigenvalue weighted by Gasteiger charge is 2.22. The fourth-order valence-electron chi connectivity index (χ4n) is 3.12. The van der Waals surface area contributed by atoms with Crippen LogP contribution in [-0.2, 0) is 13.0 Å². The SMILES string of the molecule is COc1cc2c(cc1C)-c1c(C)c(OC)cc(=O)n1CC2. The molecule has 0 radical (unpaired) electrons. The third kappa shape index (κ3) is 2.02. The van der Waals surface area contributed by atoms with Crippen LogP contribution < -0.4 is 15.0 Å². The van der Waals surface area contributed by atoms with E-state index in [0.717, 1.165) is 34.6 Å². The number of aryl methyl sites for hydroxylation is 2. The Labute approximate surface area is 123 Å². The van der Waals surface area contributed by atoms with Crippen molar-refractivity contribution in [2.75, 3.05) is 14.2 Å². The topological polar surface area (TPSA) is 40.5 Å². The standard InChI is InChI=1S/C17H19NO3/c1-10-7-13-12(8-14(10)20-3)5-6-18-16(19)9-15(21-4)11(2)17(13)18/h7-9H,5-6H2,1-4H3. The molecule has 0 fully saturated rings. The van der Waals surface area contributed by atoms with E-state index in [1.807, 2.05) is 18.4 Å². The minimum absolute atomic E-state index is 0.00780. The fraction of sp³-hybridized carbons (Fsp3) is 0.353. The van der Waals surface area contributed by atoms with Crippen molar-refractivity contribution in [3.05, 3.63) is 45.2 Å². The lowest BCUT2D eigenvalue weighted by molar-refractivity contribution is 0.408. The van der Waals surface area contributed by atoms with Crippen molar-refractivity contribution in [2.24, 2.45) is 0 Å². The monoisotopic (exact) mass is 285 g/mol. The maximum Gasteiger partial charge on any atom is 0.254 e. The molecule has 0 aliphatic carbocycles. The van der Waals surface area contributed by atoms with Gasteiger partial charge in [0.1, 0.15) is 11.5 Å². The van der Waals surface area contributed by atoms with Gasteiger partial charge in [-0.25, -0.2) is 0 Å². The first-order chi connectivity index (χ1) is 10.1. The Bertz CT molecular complexity index is 775. The highest BCUT2D eigenvalue weighted by atomic mass is 16.5. The molecule has 0 amide bonds. The van der Waals surface area contributed by atoms with E-state index in [1.165, 1.54) is 5.56 Å². The van der Waals surface area contributed by atoms with Gasteiger partial charge in [0.15, 0.2) is 0 Å². The normalized spacial score (nSPS) is 12.6. The molecule has 4 nitrogen and oxygen atoms in total. The van der Waals surface area contributed by atoms with Gasteiger partial charge in [0.2, 0.25) is 0 Å². The van der Waals surface area contributed by atoms with Gasteiger partial charge in [0.05, 0.1) is 19.9 Å². The molecule has 1 aliphatic rings. The second kappa shape index (κ2) is 4.95. The molecular weight excluding hydrogens is 266 g/mol. The van der Waals surface area contributed by atoms with E-state index in [1.54, 1.807) is 20.3 Å². The third-order valence-electron chi connectivity index (χ3n) is 4.22. The first-order valence-electron chi connectivity index (χ1n) is 7.03. The number of methoxy groups -OCH3 is 2. The van der Waals surface area contributed by atoms with Gasteiger partial charge in [-0.3, -0.25) is 4.79 Å². The molecule has 110 valence electrons. The van der Waals surface area contributed by atoms with Crippen molar-refractivity contribution in [3.8, 4) is 22.8 Å². The predicted molar refractivity (Wildman–Crippen MR) is 82.4 cm³/mol. The van der Waals surface area contributed by atoms with Gasteiger partial charge >= 0.3 is 0 Å². The summed E-state index contributed by atoms with van der Waals surface area (Å²) in [6.45, 7) is 4.71. The van der Waals surface area contributed by atoms with Crippen molar-refractivity contribution in [1.29, 1.82) is 0 Å². The molecule has 4 heteroatoms. The summed E-state index contributed by atoms with van der Waals surface area (Å²) in [4.78, 5) is 12.3. The first-order valence-corrected chi connectivity index (χ1v) is 7.03. The number of pyridine rings is 1. The molecule has 2 aromatic rings. The Hall–Kier alpha value is -2.23. The smallest absolute Gasteiger partial charge is 0.254 e. The molecule has 21 heavy (non-hydrogen) atoms. The van der Waals surface area contributed by atoms with Gasteiger partial charge < -0.3 is 14.0 Å². The summed E-state index contributed by atoms with van der Waals surface area (Å²) < 4.78 is 12.6. The number of fused-ring (bicyclic) bond motifs is 3. The van der Waals surface area contributed by atoms with Crippen LogP contribution in [0.3, 0.4) is 0 Å². The zero-order valence-electron chi connectivity index (χ0n) is 12.8. The third-order valence-corrected chi connectivity index (χ3v) is 4.22. The average Bonchev–Trinajstić information content (AvgIpc) is 2.49. The average molecular weight is 285 g/mol. The Morgan fingerprint density at radius 1 is 1.05 bits per heavy atom. The second-order valence-corrected chi connectivity index (χ2v) is 5.41. The van der Waals surface area contributed by atoms with Crippen LogP contribution in [0, 0.1) is 13.8 Å². The van der Waals surface area contributed by atoms with E-state index in [4.69, 9.17) is 9.47 Å². The lowest BCUT2D eigenvalue weighted by atomic mass is 9.92. The van der Waals surface area contributed by atoms with E-state index in [2.05, 4.69) is 12.1 Å². The summed E-state index contributed by atoms with van der Waals surface area (Å²) in [6, 6.07) is 5.75. The number of hydrogen-bond donors (Lipinski definition) is 0. The molecule has 3 rings (SSSR count). The van der Waals surface area contributed by atoms with Crippen LogP contribution in [0.1, 0.15) is 16.7 Å². The maximum absolute atomic E-state index is 12.3. The van der Waals surface area contributed by atoms with Crippen LogP contribution in [-0.4, -0.2) is 18.8 Å². The summed E-state index contributed by atoms with van der Waals surface area (Å²) in [5.41, 5.74) is 5.35. The summed E-state index contributed by atoms with van der Waals surface area (Å²) in [7, 11) is 3.28. The van der Waals surface area contributed by atoms with Gasteiger partial charge in [0.25, 0.3) is 5.56 Å². The Morgan fingerprint density at radius 3 is 2.43 bits per heavy atom. The van der Waals surface area contributed by atoms with E-state index in [-0.39, 0.29) is 5.56 Å². The van der Waals surface area contributed by atoms with Gasteiger partial charge in [-0.05, 0) is 43.5 Å². The lowest BCUT2D eigenvalue weighted by Crippen LogP contribution is -2.26. The highest BCUT2D eigenvalue weighted by Crippen LogP contribution is 2.37. The van der Waals surface area contributed by atoms with Crippen LogP contribution in [0.2, 0.25) is 0 Å². The molecule has 0 saturated heterocycles. The number of rotatable bonds is 2. The second-order valence-electron chi connectivity index (χ2n) is 5.41. The number of nitrogens with zero attached hydrogens (tertiary/aromatic N) is 1. The van der Waals surface area contributed by atoms with Crippen molar-refractivity contribution in [3.63, 3.8) is 0 Å². The zero-order chi connectivity index (χ0) is 15.1. The molecule has 0 atom stereocenters. The summed E-state index contributed by atoms with van der Waals surface area (Å²) in [6.07, 6.45) is 0.838. The molecule has 0 spiro atoms. The summed E-state index contributed by atoms with van der Waals surface area (Å²) in [5, 5.41) is 0. The summed E-state index contributed by atoms with van der Waals surface area (Å²) in [5.74, 6) is 1.54. The maximum atomic E-state index is 12.3. The van der Waals surface area contributed by atoms with Crippen molar-refractivity contribution in [1.82, 2.24) is 4.57 Å². The molecule has 0 bridgehead atoms. The van der Waals surface area contributed by atoms with Crippen LogP contribution >= 0.6 is 0 Å². The molecule has 1 aromatic heterocycles. The minimum Gasteiger partial charge on any atom is -0.496 e. The van der Waals surface area contributed by atoms with Crippen molar-refractivity contribution >= 4 is 0 Å². The van der Waals surface area contributed by atoms with Crippen LogP contribution in [0.4, 0.5) is 0 Å². The number of hydrogen-bond acceptors (Lipinski definition) is 3. The number of benzene rings is 1. The molecule has 2 heterocycles. The predicted octanol–water partition coefficient (Wildman–Crippen LogP) is 2.71. The van der Waals surface area contributed by atoms with Crippen LogP contribution in [0.5, 0.6) is 11.5 Å². The first kappa shape index (κ1) is 13.7. The van der Waals surface area contributed by atoms with Crippen molar-refractivity contribution in [2.45, 2.75) is 26.8 Å². The Kier molecular flexibility index (Phi) is 3.24. The lowest BCUT2D eigenvalue weighted by Gasteiger charge is -2.25. The highest BCUT2D eigenvalue weighted by molar-refractivity contribution is 5.73. The molecule has 0 saturated carbocycles. The van der Waals surface area contributed by atoms with Crippen LogP contribution in [0.25, 0.3) is 11.3 Å².